The number of amides is 1. The number of rotatable bonds is 7. The van der Waals surface area contributed by atoms with E-state index in [4.69, 9.17) is 4.74 Å². The SMILES string of the molecule is CCC(C)(C)C1CCc2c(sc(NC(=O)COc3cccnc3[N+](=O)[O-])c2C#N)C1. The monoisotopic (exact) mass is 428 g/mol. The van der Waals surface area contributed by atoms with Gasteiger partial charge in [-0.15, -0.1) is 11.3 Å². The molecule has 158 valence electrons. The van der Waals surface area contributed by atoms with Crippen molar-refractivity contribution < 1.29 is 14.5 Å². The number of nitrogens with zero attached hydrogens (tertiary/aromatic N) is 3. The maximum atomic E-state index is 12.4. The Hall–Kier alpha value is -2.99. The molecular formula is C21H24N4O4S. The van der Waals surface area contributed by atoms with Crippen LogP contribution >= 0.6 is 11.3 Å². The standard InChI is InChI=1S/C21H24N4O4S/c1-4-21(2,3)13-7-8-14-15(11-22)20(30-17(14)10-13)24-18(26)12-29-16-6-5-9-23-19(16)25(27)28/h5-6,9,13H,4,7-8,10,12H2,1-3H3,(H,24,26). The molecule has 0 saturated carbocycles. The Labute approximate surface area is 179 Å². The van der Waals surface area contributed by atoms with Crippen LogP contribution in [0.1, 0.15) is 49.6 Å². The first-order chi connectivity index (χ1) is 14.3. The molecule has 0 aliphatic heterocycles. The van der Waals surface area contributed by atoms with Gasteiger partial charge in [-0.05, 0) is 58.2 Å². The van der Waals surface area contributed by atoms with Gasteiger partial charge in [-0.3, -0.25) is 4.79 Å². The Balaban J connectivity index is 1.71. The molecule has 1 amide bonds. The second-order valence-corrected chi connectivity index (χ2v) is 9.13. The largest absolute Gasteiger partial charge is 0.476 e. The van der Waals surface area contributed by atoms with Gasteiger partial charge in [0, 0.05) is 4.88 Å². The van der Waals surface area contributed by atoms with E-state index in [-0.39, 0.29) is 11.2 Å². The fourth-order valence-corrected chi connectivity index (χ4v) is 4.98. The molecule has 2 aromatic rings. The third-order valence-corrected chi connectivity index (χ3v) is 7.10. The van der Waals surface area contributed by atoms with E-state index in [0.717, 1.165) is 36.1 Å². The molecule has 0 aromatic carbocycles. The molecule has 0 spiro atoms. The van der Waals surface area contributed by atoms with Crippen LogP contribution in [0, 0.1) is 32.8 Å². The molecule has 8 nitrogen and oxygen atoms in total. The summed E-state index contributed by atoms with van der Waals surface area (Å²) in [6, 6.07) is 5.11. The normalized spacial score (nSPS) is 15.7. The zero-order chi connectivity index (χ0) is 21.9. The number of hydrogen-bond donors (Lipinski definition) is 1. The van der Waals surface area contributed by atoms with Crippen molar-refractivity contribution in [3.05, 3.63) is 44.4 Å². The molecule has 1 atom stereocenters. The fraction of sp³-hybridized carbons (Fsp3) is 0.476. The number of carbonyl (C=O) groups is 1. The molecule has 2 heterocycles. The third kappa shape index (κ3) is 4.44. The molecule has 0 saturated heterocycles. The van der Waals surface area contributed by atoms with Crippen molar-refractivity contribution in [1.82, 2.24) is 4.98 Å². The number of anilines is 1. The maximum Gasteiger partial charge on any atom is 0.406 e. The van der Waals surface area contributed by atoms with Gasteiger partial charge < -0.3 is 20.2 Å². The molecule has 0 radical (unpaired) electrons. The van der Waals surface area contributed by atoms with Crippen LogP contribution in [0.25, 0.3) is 0 Å². The Bertz CT molecular complexity index is 1010. The van der Waals surface area contributed by atoms with Crippen LogP contribution in [0.2, 0.25) is 0 Å². The molecule has 1 unspecified atom stereocenters. The van der Waals surface area contributed by atoms with Crippen molar-refractivity contribution in [2.24, 2.45) is 11.3 Å². The Morgan fingerprint density at radius 2 is 2.30 bits per heavy atom. The molecule has 2 aromatic heterocycles. The smallest absolute Gasteiger partial charge is 0.406 e. The summed E-state index contributed by atoms with van der Waals surface area (Å²) in [6.45, 7) is 6.34. The average Bonchev–Trinajstić information content (AvgIpc) is 3.08. The van der Waals surface area contributed by atoms with Gasteiger partial charge in [0.2, 0.25) is 5.75 Å². The second kappa shape index (κ2) is 8.79. The van der Waals surface area contributed by atoms with Gasteiger partial charge in [-0.2, -0.15) is 5.26 Å². The molecule has 9 heteroatoms. The molecule has 30 heavy (non-hydrogen) atoms. The lowest BCUT2D eigenvalue weighted by atomic mass is 9.69. The van der Waals surface area contributed by atoms with Crippen LogP contribution in [0.5, 0.6) is 5.75 Å². The van der Waals surface area contributed by atoms with Gasteiger partial charge in [-0.25, -0.2) is 0 Å². The highest BCUT2D eigenvalue weighted by Crippen LogP contribution is 2.45. The Kier molecular flexibility index (Phi) is 6.37. The van der Waals surface area contributed by atoms with Crippen LogP contribution in [-0.2, 0) is 17.6 Å². The number of nitriles is 1. The number of fused-ring (bicyclic) bond motifs is 1. The van der Waals surface area contributed by atoms with Crippen molar-refractivity contribution in [2.45, 2.75) is 46.5 Å². The first-order valence-electron chi connectivity index (χ1n) is 9.83. The summed E-state index contributed by atoms with van der Waals surface area (Å²) >= 11 is 1.44. The molecule has 1 aliphatic carbocycles. The molecule has 0 fully saturated rings. The third-order valence-electron chi connectivity index (χ3n) is 5.93. The van der Waals surface area contributed by atoms with E-state index in [1.165, 1.54) is 29.7 Å². The first kappa shape index (κ1) is 21.7. The van der Waals surface area contributed by atoms with Gasteiger partial charge in [-0.1, -0.05) is 27.2 Å². The number of carbonyl (C=O) groups excluding carboxylic acids is 1. The number of hydrogen-bond acceptors (Lipinski definition) is 7. The lowest BCUT2D eigenvalue weighted by molar-refractivity contribution is -0.390. The summed E-state index contributed by atoms with van der Waals surface area (Å²) in [5.41, 5.74) is 1.78. The maximum absolute atomic E-state index is 12.4. The Morgan fingerprint density at radius 1 is 1.53 bits per heavy atom. The first-order valence-corrected chi connectivity index (χ1v) is 10.6. The van der Waals surface area contributed by atoms with E-state index in [1.54, 1.807) is 0 Å². The van der Waals surface area contributed by atoms with Gasteiger partial charge in [0.25, 0.3) is 5.91 Å². The molecule has 1 aliphatic rings. The quantitative estimate of drug-likeness (QED) is 0.513. The number of nitrogens with one attached hydrogen (secondary N) is 1. The van der Waals surface area contributed by atoms with Crippen molar-refractivity contribution in [3.63, 3.8) is 0 Å². The molecule has 1 N–H and O–H groups in total. The van der Waals surface area contributed by atoms with E-state index < -0.39 is 23.3 Å². The summed E-state index contributed by atoms with van der Waals surface area (Å²) in [7, 11) is 0. The average molecular weight is 429 g/mol. The highest BCUT2D eigenvalue weighted by Gasteiger charge is 2.34. The fourth-order valence-electron chi connectivity index (χ4n) is 3.69. The minimum absolute atomic E-state index is 0.0757. The van der Waals surface area contributed by atoms with Crippen LogP contribution in [0.3, 0.4) is 0 Å². The second-order valence-electron chi connectivity index (χ2n) is 8.02. The number of aromatic nitrogens is 1. The lowest BCUT2D eigenvalue weighted by Gasteiger charge is -2.36. The van der Waals surface area contributed by atoms with Gasteiger partial charge >= 0.3 is 5.82 Å². The van der Waals surface area contributed by atoms with Crippen LogP contribution in [0.4, 0.5) is 10.8 Å². The Morgan fingerprint density at radius 3 is 2.97 bits per heavy atom. The number of thiophene rings is 1. The highest BCUT2D eigenvalue weighted by molar-refractivity contribution is 7.16. The van der Waals surface area contributed by atoms with Crippen LogP contribution in [0.15, 0.2) is 18.3 Å². The molecular weight excluding hydrogens is 404 g/mol. The zero-order valence-electron chi connectivity index (χ0n) is 17.2. The molecule has 0 bridgehead atoms. The number of pyridine rings is 1. The summed E-state index contributed by atoms with van der Waals surface area (Å²) in [4.78, 5) is 27.5. The van der Waals surface area contributed by atoms with Gasteiger partial charge in [0.05, 0.1) is 5.56 Å². The summed E-state index contributed by atoms with van der Waals surface area (Å²) in [5.74, 6) is -0.459. The highest BCUT2D eigenvalue weighted by atomic mass is 32.1. The summed E-state index contributed by atoms with van der Waals surface area (Å²) in [6.07, 6.45) is 5.14. The predicted molar refractivity (Wildman–Crippen MR) is 114 cm³/mol. The van der Waals surface area contributed by atoms with Gasteiger partial charge in [0.1, 0.15) is 17.3 Å². The summed E-state index contributed by atoms with van der Waals surface area (Å²) in [5, 5.41) is 23.9. The van der Waals surface area contributed by atoms with E-state index in [1.807, 2.05) is 0 Å². The van der Waals surface area contributed by atoms with Crippen LogP contribution in [-0.4, -0.2) is 22.4 Å². The van der Waals surface area contributed by atoms with Crippen molar-refractivity contribution in [3.8, 4) is 11.8 Å². The van der Waals surface area contributed by atoms with Crippen molar-refractivity contribution >= 4 is 28.1 Å². The molecule has 3 rings (SSSR count). The number of nitro groups is 1. The van der Waals surface area contributed by atoms with E-state index in [0.29, 0.717) is 16.5 Å². The predicted octanol–water partition coefficient (Wildman–Crippen LogP) is 4.48. The van der Waals surface area contributed by atoms with Gasteiger partial charge in [0.15, 0.2) is 6.61 Å². The van der Waals surface area contributed by atoms with E-state index >= 15 is 0 Å². The van der Waals surface area contributed by atoms with E-state index in [9.17, 15) is 20.2 Å². The summed E-state index contributed by atoms with van der Waals surface area (Å²) < 4.78 is 5.29. The lowest BCUT2D eigenvalue weighted by Crippen LogP contribution is -2.28. The van der Waals surface area contributed by atoms with Crippen molar-refractivity contribution in [1.29, 1.82) is 5.26 Å². The number of ether oxygens (including phenoxy) is 1. The minimum Gasteiger partial charge on any atom is -0.476 e. The zero-order valence-corrected chi connectivity index (χ0v) is 18.0. The van der Waals surface area contributed by atoms with Crippen LogP contribution < -0.4 is 10.1 Å². The van der Waals surface area contributed by atoms with E-state index in [2.05, 4.69) is 37.1 Å². The topological polar surface area (TPSA) is 118 Å². The van der Waals surface area contributed by atoms with Crippen molar-refractivity contribution in [2.75, 3.05) is 11.9 Å². The minimum atomic E-state index is -0.664.